The molecule has 18 heavy (non-hydrogen) atoms. The lowest BCUT2D eigenvalue weighted by Crippen LogP contribution is -2.24. The standard InChI is InChI=1S/C10H10N2O5S/c1-2-5-3-4-6(18(15,16)17)8-7(5)9(13)12-10(14)11-8/h3-4H,2H2,1H3,(H,15,16,17)(H2,11,12,13,14). The molecule has 2 aromatic rings. The second kappa shape index (κ2) is 4.07. The lowest BCUT2D eigenvalue weighted by molar-refractivity contribution is 0.484. The fraction of sp³-hybridized carbons (Fsp3) is 0.200. The molecule has 0 saturated carbocycles. The number of rotatable bonds is 2. The van der Waals surface area contributed by atoms with E-state index in [0.717, 1.165) is 6.07 Å². The van der Waals surface area contributed by atoms with Gasteiger partial charge >= 0.3 is 5.69 Å². The topological polar surface area (TPSA) is 120 Å². The van der Waals surface area contributed by atoms with Crippen LogP contribution in [0.1, 0.15) is 12.5 Å². The molecule has 0 atom stereocenters. The highest BCUT2D eigenvalue weighted by Gasteiger charge is 2.18. The van der Waals surface area contributed by atoms with Gasteiger partial charge in [-0.1, -0.05) is 13.0 Å². The number of benzene rings is 1. The van der Waals surface area contributed by atoms with Gasteiger partial charge < -0.3 is 4.98 Å². The summed E-state index contributed by atoms with van der Waals surface area (Å²) in [6.07, 6.45) is 0.484. The zero-order valence-electron chi connectivity index (χ0n) is 9.35. The summed E-state index contributed by atoms with van der Waals surface area (Å²) in [7, 11) is -4.51. The van der Waals surface area contributed by atoms with E-state index in [9.17, 15) is 18.0 Å². The molecule has 1 aromatic heterocycles. The van der Waals surface area contributed by atoms with Crippen molar-refractivity contribution in [1.82, 2.24) is 9.97 Å². The Morgan fingerprint density at radius 3 is 2.44 bits per heavy atom. The van der Waals surface area contributed by atoms with Crippen LogP contribution in [0, 0.1) is 0 Å². The molecule has 0 fully saturated rings. The Kier molecular flexibility index (Phi) is 2.83. The predicted octanol–water partition coefficient (Wildman–Crippen LogP) is 0.0255. The van der Waals surface area contributed by atoms with Crippen molar-refractivity contribution >= 4 is 21.0 Å². The van der Waals surface area contributed by atoms with Crippen LogP contribution < -0.4 is 11.2 Å². The van der Waals surface area contributed by atoms with Crippen LogP contribution in [0.4, 0.5) is 0 Å². The van der Waals surface area contributed by atoms with Gasteiger partial charge in [0.25, 0.3) is 15.7 Å². The second-order valence-electron chi connectivity index (χ2n) is 3.71. The highest BCUT2D eigenvalue weighted by atomic mass is 32.2. The number of hydrogen-bond acceptors (Lipinski definition) is 4. The first-order valence-electron chi connectivity index (χ1n) is 5.10. The van der Waals surface area contributed by atoms with Gasteiger partial charge in [0.05, 0.1) is 10.9 Å². The summed E-state index contributed by atoms with van der Waals surface area (Å²) in [5, 5.41) is 0.0622. The molecule has 0 unspecified atom stereocenters. The fourth-order valence-corrected chi connectivity index (χ4v) is 2.48. The first kappa shape index (κ1) is 12.5. The molecule has 3 N–H and O–H groups in total. The summed E-state index contributed by atoms with van der Waals surface area (Å²) in [5.41, 5.74) is -1.11. The molecule has 0 amide bonds. The molecular formula is C10H10N2O5S. The maximum absolute atomic E-state index is 11.7. The Morgan fingerprint density at radius 1 is 1.22 bits per heavy atom. The Morgan fingerprint density at radius 2 is 1.89 bits per heavy atom. The van der Waals surface area contributed by atoms with E-state index >= 15 is 0 Å². The fourth-order valence-electron chi connectivity index (χ4n) is 1.83. The highest BCUT2D eigenvalue weighted by molar-refractivity contribution is 7.86. The zero-order valence-corrected chi connectivity index (χ0v) is 10.2. The Hall–Kier alpha value is -1.93. The number of H-pyrrole nitrogens is 2. The van der Waals surface area contributed by atoms with Crippen LogP contribution in [-0.4, -0.2) is 22.9 Å². The van der Waals surface area contributed by atoms with Crippen LogP contribution in [0.3, 0.4) is 0 Å². The molecule has 1 heterocycles. The quantitative estimate of drug-likeness (QED) is 0.665. The molecule has 0 aliphatic carbocycles. The van der Waals surface area contributed by atoms with Crippen molar-refractivity contribution < 1.29 is 13.0 Å². The van der Waals surface area contributed by atoms with E-state index in [1.165, 1.54) is 6.07 Å². The van der Waals surface area contributed by atoms with Crippen molar-refractivity contribution in [2.45, 2.75) is 18.2 Å². The molecule has 8 heteroatoms. The molecule has 1 aromatic carbocycles. The van der Waals surface area contributed by atoms with Gasteiger partial charge in [-0.2, -0.15) is 8.42 Å². The van der Waals surface area contributed by atoms with Crippen LogP contribution in [0.2, 0.25) is 0 Å². The third-order valence-electron chi connectivity index (χ3n) is 2.60. The van der Waals surface area contributed by atoms with E-state index in [4.69, 9.17) is 4.55 Å². The van der Waals surface area contributed by atoms with E-state index in [2.05, 4.69) is 4.98 Å². The summed E-state index contributed by atoms with van der Waals surface area (Å²) in [4.78, 5) is 26.7. The van der Waals surface area contributed by atoms with E-state index in [-0.39, 0.29) is 10.9 Å². The van der Waals surface area contributed by atoms with Crippen LogP contribution in [0.15, 0.2) is 26.6 Å². The van der Waals surface area contributed by atoms with Gasteiger partial charge in [0.1, 0.15) is 4.90 Å². The minimum atomic E-state index is -4.51. The van der Waals surface area contributed by atoms with Gasteiger partial charge in [-0.3, -0.25) is 14.3 Å². The summed E-state index contributed by atoms with van der Waals surface area (Å²) in [6, 6.07) is 2.59. The number of fused-ring (bicyclic) bond motifs is 1. The molecule has 2 rings (SSSR count). The molecule has 0 radical (unpaired) electrons. The molecule has 0 saturated heterocycles. The van der Waals surface area contributed by atoms with Crippen LogP contribution in [0.25, 0.3) is 10.9 Å². The number of aryl methyl sites for hydroxylation is 1. The molecule has 0 bridgehead atoms. The minimum absolute atomic E-state index is 0.0622. The molecule has 96 valence electrons. The summed E-state index contributed by atoms with van der Waals surface area (Å²) >= 11 is 0. The second-order valence-corrected chi connectivity index (χ2v) is 5.10. The number of aromatic amines is 2. The maximum Gasteiger partial charge on any atom is 0.326 e. The van der Waals surface area contributed by atoms with Crippen LogP contribution in [0.5, 0.6) is 0 Å². The third kappa shape index (κ3) is 1.95. The first-order chi connectivity index (χ1) is 8.34. The zero-order chi connectivity index (χ0) is 13.5. The first-order valence-corrected chi connectivity index (χ1v) is 6.54. The number of hydrogen-bond donors (Lipinski definition) is 3. The lowest BCUT2D eigenvalue weighted by Gasteiger charge is -2.06. The average molecular weight is 270 g/mol. The van der Waals surface area contributed by atoms with Crippen molar-refractivity contribution in [3.63, 3.8) is 0 Å². The minimum Gasteiger partial charge on any atom is -0.305 e. The van der Waals surface area contributed by atoms with E-state index in [0.29, 0.717) is 12.0 Å². The number of nitrogens with one attached hydrogen (secondary N) is 2. The van der Waals surface area contributed by atoms with Crippen LogP contribution in [-0.2, 0) is 16.5 Å². The van der Waals surface area contributed by atoms with Gasteiger partial charge in [0, 0.05) is 0 Å². The largest absolute Gasteiger partial charge is 0.326 e. The summed E-state index contributed by atoms with van der Waals surface area (Å²) < 4.78 is 31.5. The van der Waals surface area contributed by atoms with E-state index in [1.54, 1.807) is 6.92 Å². The molecule has 0 aliphatic rings. The molecular weight excluding hydrogens is 260 g/mol. The van der Waals surface area contributed by atoms with Gasteiger partial charge in [0.15, 0.2) is 0 Å². The highest BCUT2D eigenvalue weighted by Crippen LogP contribution is 2.21. The Labute approximate surface area is 101 Å². The smallest absolute Gasteiger partial charge is 0.305 e. The normalized spacial score (nSPS) is 11.9. The Bertz CT molecular complexity index is 831. The maximum atomic E-state index is 11.7. The van der Waals surface area contributed by atoms with Gasteiger partial charge in [-0.15, -0.1) is 0 Å². The van der Waals surface area contributed by atoms with Crippen molar-refractivity contribution in [2.24, 2.45) is 0 Å². The lowest BCUT2D eigenvalue weighted by atomic mass is 10.1. The number of aromatic nitrogens is 2. The van der Waals surface area contributed by atoms with Crippen molar-refractivity contribution in [3.8, 4) is 0 Å². The van der Waals surface area contributed by atoms with Crippen molar-refractivity contribution in [3.05, 3.63) is 38.5 Å². The van der Waals surface area contributed by atoms with Gasteiger partial charge in [-0.25, -0.2) is 4.79 Å². The molecule has 7 nitrogen and oxygen atoms in total. The van der Waals surface area contributed by atoms with Gasteiger partial charge in [-0.05, 0) is 18.1 Å². The van der Waals surface area contributed by atoms with Crippen LogP contribution >= 0.6 is 0 Å². The van der Waals surface area contributed by atoms with Gasteiger partial charge in [0.2, 0.25) is 0 Å². The summed E-state index contributed by atoms with van der Waals surface area (Å²) in [6.45, 7) is 1.78. The third-order valence-corrected chi connectivity index (χ3v) is 3.50. The van der Waals surface area contributed by atoms with Crippen molar-refractivity contribution in [2.75, 3.05) is 0 Å². The Balaban J connectivity index is 3.13. The molecule has 0 spiro atoms. The summed E-state index contributed by atoms with van der Waals surface area (Å²) in [5.74, 6) is 0. The monoisotopic (exact) mass is 270 g/mol. The predicted molar refractivity (Wildman–Crippen MR) is 64.4 cm³/mol. The van der Waals surface area contributed by atoms with Crippen molar-refractivity contribution in [1.29, 1.82) is 0 Å². The van der Waals surface area contributed by atoms with E-state index in [1.807, 2.05) is 4.98 Å². The SMILES string of the molecule is CCc1ccc(S(=O)(=O)O)c2[nH]c(=O)[nH]c(=O)c12. The molecule has 0 aliphatic heterocycles. The average Bonchev–Trinajstić information content (AvgIpc) is 2.25. The van der Waals surface area contributed by atoms with E-state index < -0.39 is 26.3 Å².